The van der Waals surface area contributed by atoms with Crippen molar-refractivity contribution in [3.63, 3.8) is 0 Å². The second-order valence-electron chi connectivity index (χ2n) is 5.27. The number of aliphatic imine (C=N–C) groups is 1. The highest BCUT2D eigenvalue weighted by atomic mass is 35.5. The van der Waals surface area contributed by atoms with E-state index in [1.54, 1.807) is 36.4 Å². The molecule has 26 heavy (non-hydrogen) atoms. The molecule has 1 aliphatic heterocycles. The maximum absolute atomic E-state index is 12.2. The van der Waals surface area contributed by atoms with Crippen molar-refractivity contribution in [2.24, 2.45) is 4.99 Å². The third-order valence-electron chi connectivity index (χ3n) is 3.31. The molecular formula is C18H14Cl2N2O3S. The summed E-state index contributed by atoms with van der Waals surface area (Å²) in [7, 11) is 0. The van der Waals surface area contributed by atoms with Gasteiger partial charge in [0.15, 0.2) is 16.7 Å². The first kappa shape index (κ1) is 18.6. The maximum atomic E-state index is 12.2. The van der Waals surface area contributed by atoms with Gasteiger partial charge in [0, 0.05) is 10.0 Å². The molecule has 1 amide bonds. The van der Waals surface area contributed by atoms with E-state index < -0.39 is 0 Å². The van der Waals surface area contributed by atoms with E-state index in [1.165, 1.54) is 17.8 Å². The standard InChI is InChI=1S/C18H14Cl2N2O3S/c1-2-25-15-5-10(3-4-14(15)23)6-16-17(24)22-18(26-16)21-13-8-11(19)7-12(20)9-13/h3-9,23H,2H2,1H3,(H,21,22,24). The Morgan fingerprint density at radius 1 is 1.23 bits per heavy atom. The van der Waals surface area contributed by atoms with Crippen LogP contribution in [0.25, 0.3) is 6.08 Å². The van der Waals surface area contributed by atoms with Gasteiger partial charge in [-0.15, -0.1) is 0 Å². The van der Waals surface area contributed by atoms with Crippen LogP contribution in [-0.2, 0) is 4.79 Å². The summed E-state index contributed by atoms with van der Waals surface area (Å²) in [6.07, 6.45) is 1.70. The van der Waals surface area contributed by atoms with Crippen LogP contribution in [0.5, 0.6) is 11.5 Å². The number of rotatable bonds is 4. The number of halogens is 2. The highest BCUT2D eigenvalue weighted by molar-refractivity contribution is 8.18. The van der Waals surface area contributed by atoms with Gasteiger partial charge in [0.25, 0.3) is 5.91 Å². The Balaban J connectivity index is 1.84. The number of phenolic OH excluding ortho intramolecular Hbond substituents is 1. The highest BCUT2D eigenvalue weighted by Crippen LogP contribution is 2.32. The van der Waals surface area contributed by atoms with Gasteiger partial charge in [-0.25, -0.2) is 4.99 Å². The van der Waals surface area contributed by atoms with Gasteiger partial charge in [-0.05, 0) is 60.7 Å². The number of phenols is 1. The number of hydrogen-bond donors (Lipinski definition) is 2. The molecule has 2 aromatic carbocycles. The van der Waals surface area contributed by atoms with E-state index in [0.29, 0.717) is 38.2 Å². The first-order valence-electron chi connectivity index (χ1n) is 7.66. The van der Waals surface area contributed by atoms with Crippen molar-refractivity contribution in [1.82, 2.24) is 5.32 Å². The van der Waals surface area contributed by atoms with Crippen LogP contribution in [0.1, 0.15) is 12.5 Å². The van der Waals surface area contributed by atoms with Crippen LogP contribution in [0.2, 0.25) is 10.0 Å². The molecule has 8 heteroatoms. The summed E-state index contributed by atoms with van der Waals surface area (Å²) in [6, 6.07) is 9.82. The van der Waals surface area contributed by atoms with E-state index in [4.69, 9.17) is 27.9 Å². The fourth-order valence-electron chi connectivity index (χ4n) is 2.24. The van der Waals surface area contributed by atoms with E-state index in [9.17, 15) is 9.90 Å². The van der Waals surface area contributed by atoms with Crippen molar-refractivity contribution in [3.8, 4) is 11.5 Å². The van der Waals surface area contributed by atoms with Gasteiger partial charge < -0.3 is 15.2 Å². The molecule has 3 rings (SSSR count). The highest BCUT2D eigenvalue weighted by Gasteiger charge is 2.24. The second-order valence-corrected chi connectivity index (χ2v) is 7.17. The number of hydrogen-bond acceptors (Lipinski definition) is 5. The predicted octanol–water partition coefficient (Wildman–Crippen LogP) is 4.99. The van der Waals surface area contributed by atoms with Gasteiger partial charge in [-0.1, -0.05) is 29.3 Å². The number of aromatic hydroxyl groups is 1. The number of carbonyl (C=O) groups is 1. The lowest BCUT2D eigenvalue weighted by molar-refractivity contribution is -0.115. The van der Waals surface area contributed by atoms with Crippen LogP contribution in [-0.4, -0.2) is 22.8 Å². The van der Waals surface area contributed by atoms with Crippen molar-refractivity contribution in [2.75, 3.05) is 6.61 Å². The van der Waals surface area contributed by atoms with Crippen LogP contribution >= 0.6 is 35.0 Å². The van der Waals surface area contributed by atoms with Gasteiger partial charge in [0.05, 0.1) is 17.2 Å². The Kier molecular flexibility index (Phi) is 5.76. The number of benzene rings is 2. The molecule has 2 N–H and O–H groups in total. The maximum Gasteiger partial charge on any atom is 0.264 e. The number of nitrogens with one attached hydrogen (secondary N) is 1. The molecule has 1 aliphatic rings. The molecule has 1 saturated heterocycles. The van der Waals surface area contributed by atoms with Crippen LogP contribution in [0.4, 0.5) is 5.69 Å². The molecule has 0 unspecified atom stereocenters. The molecule has 0 aromatic heterocycles. The van der Waals surface area contributed by atoms with Crippen LogP contribution in [0.15, 0.2) is 46.3 Å². The zero-order valence-electron chi connectivity index (χ0n) is 13.6. The molecule has 2 aromatic rings. The molecule has 134 valence electrons. The van der Waals surface area contributed by atoms with Gasteiger partial charge in [-0.3, -0.25) is 4.79 Å². The lowest BCUT2D eigenvalue weighted by atomic mass is 10.2. The normalized spacial score (nSPS) is 17.0. The zero-order chi connectivity index (χ0) is 18.7. The monoisotopic (exact) mass is 408 g/mol. The molecule has 0 bridgehead atoms. The van der Waals surface area contributed by atoms with Crippen molar-refractivity contribution < 1.29 is 14.6 Å². The van der Waals surface area contributed by atoms with E-state index in [0.717, 1.165) is 5.56 Å². The van der Waals surface area contributed by atoms with Gasteiger partial charge in [0.2, 0.25) is 0 Å². The topological polar surface area (TPSA) is 70.9 Å². The summed E-state index contributed by atoms with van der Waals surface area (Å²) in [5, 5.41) is 13.8. The van der Waals surface area contributed by atoms with Gasteiger partial charge >= 0.3 is 0 Å². The molecule has 1 heterocycles. The van der Waals surface area contributed by atoms with Crippen molar-refractivity contribution in [1.29, 1.82) is 0 Å². The Bertz CT molecular complexity index is 908. The summed E-state index contributed by atoms with van der Waals surface area (Å²) < 4.78 is 5.36. The predicted molar refractivity (Wildman–Crippen MR) is 107 cm³/mol. The molecule has 5 nitrogen and oxygen atoms in total. The molecule has 0 aliphatic carbocycles. The fraction of sp³-hybridized carbons (Fsp3) is 0.111. The third kappa shape index (κ3) is 4.52. The van der Waals surface area contributed by atoms with Crippen LogP contribution in [0, 0.1) is 0 Å². The van der Waals surface area contributed by atoms with E-state index >= 15 is 0 Å². The minimum absolute atomic E-state index is 0.0533. The first-order valence-corrected chi connectivity index (χ1v) is 9.23. The summed E-state index contributed by atoms with van der Waals surface area (Å²) in [4.78, 5) is 17.0. The lowest BCUT2D eigenvalue weighted by Crippen LogP contribution is -2.19. The number of amidine groups is 1. The zero-order valence-corrected chi connectivity index (χ0v) is 16.0. The van der Waals surface area contributed by atoms with Crippen molar-refractivity contribution in [3.05, 3.63) is 56.9 Å². The number of nitrogens with zero attached hydrogens (tertiary/aromatic N) is 1. The average Bonchev–Trinajstić information content (AvgIpc) is 2.89. The summed E-state index contributed by atoms with van der Waals surface area (Å²) in [5.74, 6) is 0.165. The fourth-order valence-corrected chi connectivity index (χ4v) is 3.60. The molecular weight excluding hydrogens is 395 g/mol. The summed E-state index contributed by atoms with van der Waals surface area (Å²) >= 11 is 13.1. The van der Waals surface area contributed by atoms with E-state index in [1.807, 2.05) is 6.92 Å². The number of thioether (sulfide) groups is 1. The van der Waals surface area contributed by atoms with Gasteiger partial charge in [0.1, 0.15) is 0 Å². The first-order chi connectivity index (χ1) is 12.4. The molecule has 0 atom stereocenters. The number of carbonyl (C=O) groups excluding carboxylic acids is 1. The quantitative estimate of drug-likeness (QED) is 0.698. The largest absolute Gasteiger partial charge is 0.504 e. The smallest absolute Gasteiger partial charge is 0.264 e. The Morgan fingerprint density at radius 2 is 1.96 bits per heavy atom. The minimum Gasteiger partial charge on any atom is -0.504 e. The number of amides is 1. The number of ether oxygens (including phenoxy) is 1. The van der Waals surface area contributed by atoms with E-state index in [2.05, 4.69) is 10.3 Å². The van der Waals surface area contributed by atoms with E-state index in [-0.39, 0.29) is 11.7 Å². The summed E-state index contributed by atoms with van der Waals surface area (Å²) in [5.41, 5.74) is 1.28. The molecule has 0 radical (unpaired) electrons. The Hall–Kier alpha value is -2.15. The third-order valence-corrected chi connectivity index (χ3v) is 4.66. The average molecular weight is 409 g/mol. The Labute approximate surface area is 164 Å². The molecule has 0 saturated carbocycles. The second kappa shape index (κ2) is 8.03. The van der Waals surface area contributed by atoms with Crippen LogP contribution in [0.3, 0.4) is 0 Å². The van der Waals surface area contributed by atoms with Crippen molar-refractivity contribution in [2.45, 2.75) is 6.92 Å². The summed E-state index contributed by atoms with van der Waals surface area (Å²) in [6.45, 7) is 2.26. The van der Waals surface area contributed by atoms with Crippen LogP contribution < -0.4 is 10.1 Å². The molecule has 0 spiro atoms. The lowest BCUT2D eigenvalue weighted by Gasteiger charge is -2.06. The minimum atomic E-state index is -0.257. The van der Waals surface area contributed by atoms with Crippen molar-refractivity contribution >= 4 is 57.8 Å². The Morgan fingerprint density at radius 3 is 2.65 bits per heavy atom. The van der Waals surface area contributed by atoms with Gasteiger partial charge in [-0.2, -0.15) is 0 Å². The molecule has 1 fully saturated rings. The SMILES string of the molecule is CCOc1cc(C=C2SC(=Nc3cc(Cl)cc(Cl)c3)NC2=O)ccc1O.